The number of carbonyl (C=O) groups is 1. The molecular weight excluding hydrogens is 402 g/mol. The lowest BCUT2D eigenvalue weighted by molar-refractivity contribution is -0.143. The van der Waals surface area contributed by atoms with E-state index in [1.807, 2.05) is 38.1 Å². The van der Waals surface area contributed by atoms with Gasteiger partial charge in [0.2, 0.25) is 5.91 Å². The molecule has 3 rings (SSSR count). The number of benzene rings is 2. The van der Waals surface area contributed by atoms with Gasteiger partial charge in [0.25, 0.3) is 0 Å². The molecule has 0 saturated carbocycles. The number of ether oxygens (including phenoxy) is 3. The van der Waals surface area contributed by atoms with Gasteiger partial charge in [-0.2, -0.15) is 0 Å². The van der Waals surface area contributed by atoms with E-state index in [1.165, 1.54) is 17.2 Å². The van der Waals surface area contributed by atoms with E-state index in [0.29, 0.717) is 19.8 Å². The van der Waals surface area contributed by atoms with Crippen molar-refractivity contribution in [3.05, 3.63) is 66.3 Å². The molecule has 2 aromatic rings. The largest absolute Gasteiger partial charge is 0.493 e. The number of nitrogens with one attached hydrogen (secondary N) is 1. The van der Waals surface area contributed by atoms with Gasteiger partial charge in [-0.1, -0.05) is 61.4 Å². The van der Waals surface area contributed by atoms with Gasteiger partial charge < -0.3 is 19.5 Å². The number of hydrogen-bond donors (Lipinski definition) is 1. The number of hydrogen-bond acceptors (Lipinski definition) is 4. The summed E-state index contributed by atoms with van der Waals surface area (Å²) in [5.74, 6) is 0.140. The van der Waals surface area contributed by atoms with Crippen molar-refractivity contribution in [2.75, 3.05) is 26.4 Å². The van der Waals surface area contributed by atoms with E-state index < -0.39 is 5.79 Å². The zero-order valence-electron chi connectivity index (χ0n) is 19.3. The zero-order chi connectivity index (χ0) is 22.7. The minimum absolute atomic E-state index is 0.126. The fourth-order valence-electron chi connectivity index (χ4n) is 3.70. The van der Waals surface area contributed by atoms with Crippen LogP contribution in [0.5, 0.6) is 5.75 Å². The van der Waals surface area contributed by atoms with Crippen molar-refractivity contribution in [2.24, 2.45) is 0 Å². The number of unbranched alkanes of at least 4 members (excludes halogenated alkanes) is 4. The van der Waals surface area contributed by atoms with Gasteiger partial charge in [-0.15, -0.1) is 0 Å². The fraction of sp³-hybridized carbons (Fsp3) is 0.444. The minimum Gasteiger partial charge on any atom is -0.493 e. The number of carbonyl (C=O) groups excluding carboxylic acids is 1. The van der Waals surface area contributed by atoms with Crippen LogP contribution in [0.25, 0.3) is 10.8 Å². The van der Waals surface area contributed by atoms with E-state index in [4.69, 9.17) is 14.2 Å². The Morgan fingerprint density at radius 2 is 1.81 bits per heavy atom. The lowest BCUT2D eigenvalue weighted by Crippen LogP contribution is -2.41. The standard InChI is InChI=1S/C27H35NO4/c1-22(20-26(29)28-21-27(2)31-18-19-32-27)12-7-5-3-4-6-10-17-30-25-16-11-14-23-13-8-9-15-24(23)25/h7-9,11-16,20H,3-6,10,17-19,21H2,1-2H3,(H,28,29). The second kappa shape index (κ2) is 12.4. The molecule has 0 aromatic heterocycles. The molecule has 0 aliphatic carbocycles. The van der Waals surface area contributed by atoms with Crippen LogP contribution in [0, 0.1) is 0 Å². The Morgan fingerprint density at radius 3 is 2.66 bits per heavy atom. The third kappa shape index (κ3) is 7.81. The summed E-state index contributed by atoms with van der Waals surface area (Å²) in [6.07, 6.45) is 11.3. The van der Waals surface area contributed by atoms with Crippen LogP contribution in [0.3, 0.4) is 0 Å². The maximum absolute atomic E-state index is 12.0. The Morgan fingerprint density at radius 1 is 1.06 bits per heavy atom. The van der Waals surface area contributed by atoms with Crippen molar-refractivity contribution in [3.8, 4) is 5.75 Å². The number of rotatable bonds is 12. The van der Waals surface area contributed by atoms with Gasteiger partial charge in [-0.3, -0.25) is 4.79 Å². The third-order valence-corrected chi connectivity index (χ3v) is 5.49. The molecular formula is C27H35NO4. The smallest absolute Gasteiger partial charge is 0.244 e. The Labute approximate surface area is 191 Å². The van der Waals surface area contributed by atoms with E-state index in [1.54, 1.807) is 6.08 Å². The normalized spacial score (nSPS) is 16.0. The molecule has 172 valence electrons. The van der Waals surface area contributed by atoms with Crippen LogP contribution in [0.4, 0.5) is 0 Å². The Bertz CT molecular complexity index is 923. The van der Waals surface area contributed by atoms with E-state index in [0.717, 1.165) is 43.6 Å². The van der Waals surface area contributed by atoms with Crippen molar-refractivity contribution in [2.45, 2.75) is 51.7 Å². The molecule has 0 spiro atoms. The van der Waals surface area contributed by atoms with Gasteiger partial charge in [-0.05, 0) is 50.1 Å². The molecule has 1 saturated heterocycles. The Hall–Kier alpha value is -2.63. The first-order valence-electron chi connectivity index (χ1n) is 11.6. The highest BCUT2D eigenvalue weighted by molar-refractivity contribution is 5.89. The summed E-state index contributed by atoms with van der Waals surface area (Å²) in [4.78, 5) is 12.0. The summed E-state index contributed by atoms with van der Waals surface area (Å²) in [7, 11) is 0. The lowest BCUT2D eigenvalue weighted by atomic mass is 10.1. The zero-order valence-corrected chi connectivity index (χ0v) is 19.3. The minimum atomic E-state index is -0.701. The van der Waals surface area contributed by atoms with Crippen LogP contribution in [0.2, 0.25) is 0 Å². The van der Waals surface area contributed by atoms with Crippen LogP contribution in [-0.2, 0) is 14.3 Å². The van der Waals surface area contributed by atoms with Crippen LogP contribution >= 0.6 is 0 Å². The summed E-state index contributed by atoms with van der Waals surface area (Å²) in [6, 6.07) is 14.5. The van der Waals surface area contributed by atoms with Crippen molar-refractivity contribution in [3.63, 3.8) is 0 Å². The topological polar surface area (TPSA) is 56.8 Å². The number of allylic oxidation sites excluding steroid dienone is 3. The van der Waals surface area contributed by atoms with Crippen molar-refractivity contribution in [1.29, 1.82) is 0 Å². The third-order valence-electron chi connectivity index (χ3n) is 5.49. The molecule has 0 radical (unpaired) electrons. The molecule has 2 aromatic carbocycles. The van der Waals surface area contributed by atoms with Gasteiger partial charge in [0.05, 0.1) is 26.4 Å². The van der Waals surface area contributed by atoms with Gasteiger partial charge >= 0.3 is 0 Å². The molecule has 5 heteroatoms. The first-order valence-corrected chi connectivity index (χ1v) is 11.6. The van der Waals surface area contributed by atoms with Gasteiger partial charge in [0.1, 0.15) is 5.75 Å². The SMILES string of the molecule is CC(C=CCCCCCCOc1cccc2ccccc12)=CC(=O)NCC1(C)OCCO1. The quantitative estimate of drug-likeness (QED) is 0.269. The first kappa shape index (κ1) is 24.0. The fourth-order valence-corrected chi connectivity index (χ4v) is 3.70. The van der Waals surface area contributed by atoms with Crippen molar-refractivity contribution in [1.82, 2.24) is 5.32 Å². The Kier molecular flexibility index (Phi) is 9.32. The molecule has 1 N–H and O–H groups in total. The highest BCUT2D eigenvalue weighted by atomic mass is 16.7. The van der Waals surface area contributed by atoms with E-state index in [9.17, 15) is 4.79 Å². The average molecular weight is 438 g/mol. The van der Waals surface area contributed by atoms with Crippen LogP contribution in [0.1, 0.15) is 46.0 Å². The maximum Gasteiger partial charge on any atom is 0.244 e. The van der Waals surface area contributed by atoms with Crippen LogP contribution in [-0.4, -0.2) is 38.1 Å². The molecule has 1 fully saturated rings. The highest BCUT2D eigenvalue weighted by Gasteiger charge is 2.30. The lowest BCUT2D eigenvalue weighted by Gasteiger charge is -2.21. The van der Waals surface area contributed by atoms with E-state index in [-0.39, 0.29) is 5.91 Å². The number of fused-ring (bicyclic) bond motifs is 1. The van der Waals surface area contributed by atoms with Crippen molar-refractivity contribution >= 4 is 16.7 Å². The van der Waals surface area contributed by atoms with E-state index in [2.05, 4.69) is 35.7 Å². The predicted molar refractivity (Wildman–Crippen MR) is 129 cm³/mol. The summed E-state index contributed by atoms with van der Waals surface area (Å²) in [6.45, 7) is 6.01. The molecule has 32 heavy (non-hydrogen) atoms. The maximum atomic E-state index is 12.0. The molecule has 1 heterocycles. The average Bonchev–Trinajstić information content (AvgIpc) is 3.23. The molecule has 1 aliphatic rings. The molecule has 0 atom stereocenters. The summed E-state index contributed by atoms with van der Waals surface area (Å²) >= 11 is 0. The van der Waals surface area contributed by atoms with E-state index >= 15 is 0 Å². The molecule has 5 nitrogen and oxygen atoms in total. The molecule has 0 unspecified atom stereocenters. The second-order valence-electron chi connectivity index (χ2n) is 8.37. The summed E-state index contributed by atoms with van der Waals surface area (Å²) in [5.41, 5.74) is 0.935. The van der Waals surface area contributed by atoms with Gasteiger partial charge in [0.15, 0.2) is 5.79 Å². The van der Waals surface area contributed by atoms with Gasteiger partial charge in [0, 0.05) is 11.5 Å². The second-order valence-corrected chi connectivity index (χ2v) is 8.37. The predicted octanol–water partition coefficient (Wildman–Crippen LogP) is 5.55. The first-order chi connectivity index (χ1) is 15.6. The summed E-state index contributed by atoms with van der Waals surface area (Å²) < 4.78 is 17.0. The Balaban J connectivity index is 1.25. The summed E-state index contributed by atoms with van der Waals surface area (Å²) in [5, 5.41) is 5.22. The monoisotopic (exact) mass is 437 g/mol. The highest BCUT2D eigenvalue weighted by Crippen LogP contribution is 2.25. The molecule has 1 amide bonds. The molecule has 1 aliphatic heterocycles. The van der Waals surface area contributed by atoms with Crippen LogP contribution < -0.4 is 10.1 Å². The van der Waals surface area contributed by atoms with Crippen molar-refractivity contribution < 1.29 is 19.0 Å². The van der Waals surface area contributed by atoms with Gasteiger partial charge in [-0.25, -0.2) is 0 Å². The number of amides is 1. The van der Waals surface area contributed by atoms with Crippen LogP contribution in [0.15, 0.2) is 66.3 Å². The molecule has 0 bridgehead atoms.